The molecule has 3 atom stereocenters. The molecule has 1 amide bonds. The molecular formula is C21H25N2O4+. The molecule has 4 rings (SSSR count). The van der Waals surface area contributed by atoms with Gasteiger partial charge in [-0.15, -0.1) is 0 Å². The van der Waals surface area contributed by atoms with E-state index in [1.54, 1.807) is 7.11 Å². The summed E-state index contributed by atoms with van der Waals surface area (Å²) in [4.78, 5) is 13.8. The zero-order valence-electron chi connectivity index (χ0n) is 15.9. The van der Waals surface area contributed by atoms with Gasteiger partial charge in [-0.25, -0.2) is 0 Å². The van der Waals surface area contributed by atoms with E-state index in [2.05, 4.69) is 5.32 Å². The molecule has 0 saturated carbocycles. The summed E-state index contributed by atoms with van der Waals surface area (Å²) in [7, 11) is 1.61. The number of nitrogens with one attached hydrogen (secondary N) is 2. The number of ether oxygens (including phenoxy) is 2. The van der Waals surface area contributed by atoms with Crippen LogP contribution in [0.2, 0.25) is 0 Å². The number of para-hydroxylation sites is 1. The average molecular weight is 369 g/mol. The van der Waals surface area contributed by atoms with Crippen LogP contribution in [-0.4, -0.2) is 44.9 Å². The zero-order valence-corrected chi connectivity index (χ0v) is 15.9. The van der Waals surface area contributed by atoms with Crippen LogP contribution in [0.25, 0.3) is 21.9 Å². The number of fused-ring (bicyclic) bond motifs is 3. The van der Waals surface area contributed by atoms with Crippen LogP contribution in [0.5, 0.6) is 5.75 Å². The van der Waals surface area contributed by atoms with Crippen molar-refractivity contribution in [2.45, 2.75) is 26.1 Å². The van der Waals surface area contributed by atoms with Crippen molar-refractivity contribution in [3.05, 3.63) is 36.4 Å². The molecule has 0 bridgehead atoms. The van der Waals surface area contributed by atoms with Gasteiger partial charge in [0.2, 0.25) is 0 Å². The fraction of sp³-hybridized carbons (Fsp3) is 0.381. The lowest BCUT2D eigenvalue weighted by Gasteiger charge is -2.31. The molecule has 1 fully saturated rings. The van der Waals surface area contributed by atoms with Crippen LogP contribution in [0.15, 0.2) is 40.8 Å². The van der Waals surface area contributed by atoms with Crippen LogP contribution in [0, 0.1) is 0 Å². The van der Waals surface area contributed by atoms with Gasteiger partial charge in [0.1, 0.15) is 42.2 Å². The molecule has 1 saturated heterocycles. The standard InChI is InChI=1S/C21H24N2O4/c1-13-10-23(11-14(2)26-13)12-21(24)22-17-9-19-16(8-20(17)25-3)15-6-4-5-7-18(15)27-19/h4-9,13-14H,10-12H2,1-3H3,(H,22,24)/p+1/t13-,14+. The summed E-state index contributed by atoms with van der Waals surface area (Å²) in [6.45, 7) is 6.16. The Morgan fingerprint density at radius 2 is 1.89 bits per heavy atom. The molecule has 2 aromatic carbocycles. The van der Waals surface area contributed by atoms with E-state index < -0.39 is 0 Å². The maximum absolute atomic E-state index is 12.6. The molecule has 2 heterocycles. The van der Waals surface area contributed by atoms with Crippen molar-refractivity contribution in [2.24, 2.45) is 0 Å². The Kier molecular flexibility index (Phi) is 4.76. The van der Waals surface area contributed by atoms with E-state index in [-0.39, 0.29) is 18.1 Å². The number of anilines is 1. The highest BCUT2D eigenvalue weighted by atomic mass is 16.5. The maximum atomic E-state index is 12.6. The van der Waals surface area contributed by atoms with Crippen molar-refractivity contribution >= 4 is 33.5 Å². The van der Waals surface area contributed by atoms with E-state index in [0.717, 1.165) is 35.0 Å². The highest BCUT2D eigenvalue weighted by Crippen LogP contribution is 2.36. The van der Waals surface area contributed by atoms with Crippen molar-refractivity contribution in [2.75, 3.05) is 32.1 Å². The lowest BCUT2D eigenvalue weighted by molar-refractivity contribution is -0.907. The van der Waals surface area contributed by atoms with Crippen molar-refractivity contribution in [3.8, 4) is 5.75 Å². The van der Waals surface area contributed by atoms with Crippen LogP contribution < -0.4 is 15.0 Å². The minimum atomic E-state index is -0.0416. The number of amides is 1. The summed E-state index contributed by atoms with van der Waals surface area (Å²) in [6, 6.07) is 11.6. The monoisotopic (exact) mass is 369 g/mol. The third-order valence-corrected chi connectivity index (χ3v) is 5.00. The normalized spacial score (nSPS) is 22.9. The van der Waals surface area contributed by atoms with Gasteiger partial charge in [0.15, 0.2) is 6.54 Å². The minimum absolute atomic E-state index is 0.0416. The molecule has 1 aliphatic heterocycles. The molecular weight excluding hydrogens is 344 g/mol. The third kappa shape index (κ3) is 3.63. The van der Waals surface area contributed by atoms with Gasteiger partial charge in [-0.3, -0.25) is 4.79 Å². The Hall–Kier alpha value is -2.57. The molecule has 0 radical (unpaired) electrons. The number of morpholine rings is 1. The predicted octanol–water partition coefficient (Wildman–Crippen LogP) is 2.23. The smallest absolute Gasteiger partial charge is 0.279 e. The lowest BCUT2D eigenvalue weighted by atomic mass is 10.1. The minimum Gasteiger partial charge on any atom is -0.495 e. The summed E-state index contributed by atoms with van der Waals surface area (Å²) in [5, 5.41) is 5.00. The Morgan fingerprint density at radius 1 is 1.15 bits per heavy atom. The fourth-order valence-corrected chi connectivity index (χ4v) is 3.97. The Bertz CT molecular complexity index is 971. The maximum Gasteiger partial charge on any atom is 0.279 e. The fourth-order valence-electron chi connectivity index (χ4n) is 3.97. The highest BCUT2D eigenvalue weighted by Gasteiger charge is 2.27. The van der Waals surface area contributed by atoms with E-state index in [1.807, 2.05) is 50.2 Å². The van der Waals surface area contributed by atoms with Gasteiger partial charge in [0.25, 0.3) is 5.91 Å². The Morgan fingerprint density at radius 3 is 2.63 bits per heavy atom. The molecule has 3 aromatic rings. The quantitative estimate of drug-likeness (QED) is 0.740. The molecule has 6 heteroatoms. The van der Waals surface area contributed by atoms with Gasteiger partial charge >= 0.3 is 0 Å². The summed E-state index contributed by atoms with van der Waals surface area (Å²) >= 11 is 0. The van der Waals surface area contributed by atoms with E-state index in [9.17, 15) is 4.79 Å². The number of hydrogen-bond donors (Lipinski definition) is 2. The lowest BCUT2D eigenvalue weighted by Crippen LogP contribution is -3.16. The van der Waals surface area contributed by atoms with Crippen LogP contribution in [-0.2, 0) is 9.53 Å². The first-order chi connectivity index (χ1) is 13.0. The van der Waals surface area contributed by atoms with Gasteiger partial charge in [0.05, 0.1) is 12.8 Å². The molecule has 6 nitrogen and oxygen atoms in total. The second kappa shape index (κ2) is 7.21. The number of rotatable bonds is 4. The van der Waals surface area contributed by atoms with Crippen molar-refractivity contribution < 1.29 is 23.6 Å². The molecule has 1 aromatic heterocycles. The SMILES string of the molecule is COc1cc2c(cc1NC(=O)C[NH+]1C[C@@H](C)O[C@@H](C)C1)oc1ccccc12. The first-order valence-electron chi connectivity index (χ1n) is 9.31. The third-order valence-electron chi connectivity index (χ3n) is 5.00. The van der Waals surface area contributed by atoms with Gasteiger partial charge < -0.3 is 24.1 Å². The van der Waals surface area contributed by atoms with Crippen LogP contribution >= 0.6 is 0 Å². The van der Waals surface area contributed by atoms with Crippen molar-refractivity contribution in [1.29, 1.82) is 0 Å². The van der Waals surface area contributed by atoms with Gasteiger partial charge in [-0.05, 0) is 26.0 Å². The van der Waals surface area contributed by atoms with E-state index >= 15 is 0 Å². The van der Waals surface area contributed by atoms with E-state index in [1.165, 1.54) is 4.90 Å². The second-order valence-electron chi connectivity index (χ2n) is 7.29. The first kappa shape index (κ1) is 17.8. The first-order valence-corrected chi connectivity index (χ1v) is 9.31. The summed E-state index contributed by atoms with van der Waals surface area (Å²) in [5.41, 5.74) is 2.18. The predicted molar refractivity (Wildman–Crippen MR) is 104 cm³/mol. The summed E-state index contributed by atoms with van der Waals surface area (Å²) < 4.78 is 17.2. The average Bonchev–Trinajstić information content (AvgIpc) is 2.97. The molecule has 0 aliphatic carbocycles. The van der Waals surface area contributed by atoms with Gasteiger partial charge in [-0.1, -0.05) is 18.2 Å². The summed E-state index contributed by atoms with van der Waals surface area (Å²) in [5.74, 6) is 0.584. The molecule has 27 heavy (non-hydrogen) atoms. The second-order valence-corrected chi connectivity index (χ2v) is 7.29. The van der Waals surface area contributed by atoms with E-state index in [0.29, 0.717) is 18.0 Å². The zero-order chi connectivity index (χ0) is 19.0. The van der Waals surface area contributed by atoms with Gasteiger partial charge in [0, 0.05) is 16.8 Å². The number of quaternary nitrogens is 1. The molecule has 1 unspecified atom stereocenters. The Balaban J connectivity index is 1.57. The molecule has 1 aliphatic rings. The summed E-state index contributed by atoms with van der Waals surface area (Å²) in [6.07, 6.45) is 0.330. The molecule has 0 spiro atoms. The number of carbonyl (C=O) groups is 1. The number of benzene rings is 2. The number of carbonyl (C=O) groups excluding carboxylic acids is 1. The van der Waals surface area contributed by atoms with E-state index in [4.69, 9.17) is 13.9 Å². The number of furan rings is 1. The van der Waals surface area contributed by atoms with Crippen molar-refractivity contribution in [3.63, 3.8) is 0 Å². The van der Waals surface area contributed by atoms with Gasteiger partial charge in [-0.2, -0.15) is 0 Å². The van der Waals surface area contributed by atoms with Crippen LogP contribution in [0.1, 0.15) is 13.8 Å². The largest absolute Gasteiger partial charge is 0.495 e. The number of hydrogen-bond acceptors (Lipinski definition) is 4. The molecule has 142 valence electrons. The van der Waals surface area contributed by atoms with Crippen LogP contribution in [0.3, 0.4) is 0 Å². The topological polar surface area (TPSA) is 65.1 Å². The Labute approximate surface area is 158 Å². The van der Waals surface area contributed by atoms with Crippen molar-refractivity contribution in [1.82, 2.24) is 0 Å². The molecule has 2 N–H and O–H groups in total. The van der Waals surface area contributed by atoms with Crippen LogP contribution in [0.4, 0.5) is 5.69 Å². The number of methoxy groups -OCH3 is 1. The highest BCUT2D eigenvalue weighted by molar-refractivity contribution is 6.07.